The summed E-state index contributed by atoms with van der Waals surface area (Å²) in [7, 11) is 1.67. The van der Waals surface area contributed by atoms with Crippen molar-refractivity contribution < 1.29 is 4.74 Å². The van der Waals surface area contributed by atoms with Crippen LogP contribution in [0.25, 0.3) is 40.3 Å². The fourth-order valence-electron chi connectivity index (χ4n) is 3.56. The normalized spacial score (nSPS) is 11.4. The Labute approximate surface area is 174 Å². The van der Waals surface area contributed by atoms with Crippen LogP contribution in [-0.2, 0) is 0 Å². The van der Waals surface area contributed by atoms with Crippen molar-refractivity contribution in [3.63, 3.8) is 0 Å². The number of benzene rings is 3. The number of aromatic nitrogens is 4. The zero-order chi connectivity index (χ0) is 20.3. The molecule has 0 fully saturated rings. The summed E-state index contributed by atoms with van der Waals surface area (Å²) in [6.45, 7) is 0. The van der Waals surface area contributed by atoms with E-state index in [0.29, 0.717) is 0 Å². The monoisotopic (exact) mass is 392 g/mol. The summed E-state index contributed by atoms with van der Waals surface area (Å²) in [5.74, 6) is 1.58. The Morgan fingerprint density at radius 1 is 0.900 bits per heavy atom. The first-order chi connectivity index (χ1) is 14.8. The molecule has 5 heteroatoms. The highest BCUT2D eigenvalue weighted by Gasteiger charge is 2.08. The van der Waals surface area contributed by atoms with E-state index in [1.807, 2.05) is 36.7 Å². The zero-order valence-corrected chi connectivity index (χ0v) is 16.5. The Morgan fingerprint density at radius 3 is 2.60 bits per heavy atom. The molecule has 30 heavy (non-hydrogen) atoms. The van der Waals surface area contributed by atoms with E-state index in [2.05, 4.69) is 68.1 Å². The molecule has 0 bridgehead atoms. The van der Waals surface area contributed by atoms with Gasteiger partial charge in [0.05, 0.1) is 23.7 Å². The Balaban J connectivity index is 1.44. The minimum atomic E-state index is 0.783. The minimum absolute atomic E-state index is 0.783. The van der Waals surface area contributed by atoms with E-state index in [-0.39, 0.29) is 0 Å². The van der Waals surface area contributed by atoms with Crippen LogP contribution < -0.4 is 4.74 Å². The second-order valence-corrected chi connectivity index (χ2v) is 6.93. The Bertz CT molecular complexity index is 1330. The summed E-state index contributed by atoms with van der Waals surface area (Å²) >= 11 is 0. The number of fused-ring (bicyclic) bond motifs is 1. The number of nitrogens with zero attached hydrogens (tertiary/aromatic N) is 3. The number of nitrogens with one attached hydrogen (secondary N) is 1. The molecule has 0 aliphatic rings. The van der Waals surface area contributed by atoms with Crippen LogP contribution in [0.1, 0.15) is 11.1 Å². The predicted octanol–water partition coefficient (Wildman–Crippen LogP) is 5.59. The van der Waals surface area contributed by atoms with Gasteiger partial charge in [-0.25, -0.2) is 9.97 Å². The summed E-state index contributed by atoms with van der Waals surface area (Å²) in [4.78, 5) is 11.9. The third-order valence-electron chi connectivity index (χ3n) is 5.05. The quantitative estimate of drug-likeness (QED) is 0.396. The van der Waals surface area contributed by atoms with Crippen molar-refractivity contribution >= 4 is 23.2 Å². The van der Waals surface area contributed by atoms with Crippen LogP contribution in [0.4, 0.5) is 0 Å². The number of methoxy groups -OCH3 is 1. The summed E-state index contributed by atoms with van der Waals surface area (Å²) in [6.07, 6.45) is 9.59. The molecule has 0 amide bonds. The van der Waals surface area contributed by atoms with Crippen LogP contribution in [0.5, 0.6) is 5.75 Å². The summed E-state index contributed by atoms with van der Waals surface area (Å²) in [6, 6.07) is 22.6. The topological polar surface area (TPSA) is 55.7 Å². The van der Waals surface area contributed by atoms with Crippen LogP contribution in [0.2, 0.25) is 0 Å². The van der Waals surface area contributed by atoms with Gasteiger partial charge in [0.2, 0.25) is 0 Å². The summed E-state index contributed by atoms with van der Waals surface area (Å²) in [5, 5.41) is 0. The first-order valence-electron chi connectivity index (χ1n) is 9.70. The van der Waals surface area contributed by atoms with Gasteiger partial charge in [0, 0.05) is 18.1 Å². The van der Waals surface area contributed by atoms with E-state index in [4.69, 9.17) is 4.74 Å². The highest BCUT2D eigenvalue weighted by atomic mass is 16.5. The molecule has 5 rings (SSSR count). The summed E-state index contributed by atoms with van der Waals surface area (Å²) in [5.41, 5.74) is 6.27. The molecule has 0 saturated carbocycles. The molecular weight excluding hydrogens is 372 g/mol. The third-order valence-corrected chi connectivity index (χ3v) is 5.05. The molecule has 0 saturated heterocycles. The van der Waals surface area contributed by atoms with E-state index in [1.54, 1.807) is 19.5 Å². The van der Waals surface area contributed by atoms with E-state index in [1.165, 1.54) is 0 Å². The molecule has 2 heterocycles. The maximum Gasteiger partial charge on any atom is 0.141 e. The van der Waals surface area contributed by atoms with E-state index in [9.17, 15) is 0 Å². The third kappa shape index (κ3) is 3.37. The van der Waals surface area contributed by atoms with E-state index >= 15 is 0 Å². The molecule has 0 spiro atoms. The lowest BCUT2D eigenvalue weighted by molar-refractivity contribution is 0.416. The molecule has 2 aromatic heterocycles. The van der Waals surface area contributed by atoms with Gasteiger partial charge in [0.1, 0.15) is 17.9 Å². The number of ether oxygens (including phenoxy) is 1. The lowest BCUT2D eigenvalue weighted by Crippen LogP contribution is -1.92. The Morgan fingerprint density at radius 2 is 1.77 bits per heavy atom. The van der Waals surface area contributed by atoms with E-state index < -0.39 is 0 Å². The van der Waals surface area contributed by atoms with Crippen molar-refractivity contribution in [2.24, 2.45) is 0 Å². The molecule has 3 aromatic carbocycles. The second kappa shape index (κ2) is 7.72. The second-order valence-electron chi connectivity index (χ2n) is 6.93. The lowest BCUT2D eigenvalue weighted by atomic mass is 10.1. The van der Waals surface area contributed by atoms with Crippen molar-refractivity contribution in [2.75, 3.05) is 7.11 Å². The number of rotatable bonds is 5. The number of imidazole rings is 2. The van der Waals surface area contributed by atoms with Crippen molar-refractivity contribution in [1.29, 1.82) is 0 Å². The number of hydrogen-bond acceptors (Lipinski definition) is 3. The highest BCUT2D eigenvalue weighted by Crippen LogP contribution is 2.29. The van der Waals surface area contributed by atoms with Gasteiger partial charge < -0.3 is 9.72 Å². The number of H-pyrrole nitrogens is 1. The van der Waals surface area contributed by atoms with Gasteiger partial charge in [-0.2, -0.15) is 0 Å². The average molecular weight is 392 g/mol. The number of aromatic amines is 1. The SMILES string of the molecule is COc1cc(/C=C/c2cccc(-n3cnc4ccccc43)c2)ccc1-c1ncc[nH]1. The standard InChI is InChI=1S/C25H20N4O/c1-30-24-16-19(11-12-21(24)25-26-13-14-27-25)10-9-18-5-4-6-20(15-18)29-17-28-22-7-2-3-8-23(22)29/h2-17H,1H3,(H,26,27)/b10-9+. The lowest BCUT2D eigenvalue weighted by Gasteiger charge is -2.08. The molecular formula is C25H20N4O. The fourth-order valence-corrected chi connectivity index (χ4v) is 3.56. The molecule has 5 aromatic rings. The first kappa shape index (κ1) is 17.9. The maximum absolute atomic E-state index is 5.57. The molecule has 146 valence electrons. The number of hydrogen-bond donors (Lipinski definition) is 1. The highest BCUT2D eigenvalue weighted by molar-refractivity contribution is 5.78. The zero-order valence-electron chi connectivity index (χ0n) is 16.5. The van der Waals surface area contributed by atoms with Crippen LogP contribution in [-0.4, -0.2) is 26.6 Å². The van der Waals surface area contributed by atoms with Gasteiger partial charge in [-0.3, -0.25) is 4.57 Å². The smallest absolute Gasteiger partial charge is 0.141 e. The molecule has 0 aliphatic carbocycles. The molecule has 0 unspecified atom stereocenters. The Kier molecular flexibility index (Phi) is 4.62. The van der Waals surface area contributed by atoms with Crippen molar-refractivity contribution in [1.82, 2.24) is 19.5 Å². The molecule has 0 aliphatic heterocycles. The molecule has 1 N–H and O–H groups in total. The molecule has 0 radical (unpaired) electrons. The van der Waals surface area contributed by atoms with Crippen LogP contribution in [0.3, 0.4) is 0 Å². The largest absolute Gasteiger partial charge is 0.496 e. The van der Waals surface area contributed by atoms with Crippen LogP contribution in [0, 0.1) is 0 Å². The van der Waals surface area contributed by atoms with Gasteiger partial charge in [-0.15, -0.1) is 0 Å². The summed E-state index contributed by atoms with van der Waals surface area (Å²) < 4.78 is 7.67. The van der Waals surface area contributed by atoms with Gasteiger partial charge in [0.25, 0.3) is 0 Å². The fraction of sp³-hybridized carbons (Fsp3) is 0.0400. The van der Waals surface area contributed by atoms with Gasteiger partial charge in [-0.05, 0) is 47.5 Å². The molecule has 0 atom stereocenters. The van der Waals surface area contributed by atoms with Crippen molar-refractivity contribution in [3.05, 3.63) is 96.6 Å². The number of para-hydroxylation sites is 2. The van der Waals surface area contributed by atoms with Crippen LogP contribution >= 0.6 is 0 Å². The average Bonchev–Trinajstić information content (AvgIpc) is 3.48. The van der Waals surface area contributed by atoms with Crippen LogP contribution in [0.15, 0.2) is 85.5 Å². The van der Waals surface area contributed by atoms with Crippen molar-refractivity contribution in [3.8, 4) is 22.8 Å². The van der Waals surface area contributed by atoms with E-state index in [0.717, 1.165) is 45.0 Å². The van der Waals surface area contributed by atoms with Gasteiger partial charge in [-0.1, -0.05) is 42.5 Å². The minimum Gasteiger partial charge on any atom is -0.496 e. The van der Waals surface area contributed by atoms with Gasteiger partial charge in [0.15, 0.2) is 0 Å². The van der Waals surface area contributed by atoms with Crippen molar-refractivity contribution in [2.45, 2.75) is 0 Å². The molecule has 5 nitrogen and oxygen atoms in total. The maximum atomic E-state index is 5.57. The predicted molar refractivity (Wildman–Crippen MR) is 121 cm³/mol. The van der Waals surface area contributed by atoms with Gasteiger partial charge >= 0.3 is 0 Å². The first-order valence-corrected chi connectivity index (χ1v) is 9.70. The Hall–Kier alpha value is -4.12.